The molecule has 0 aromatic rings. The number of amides is 1. The zero-order valence-electron chi connectivity index (χ0n) is 8.72. The fourth-order valence-corrected chi connectivity index (χ4v) is 1.40. The van der Waals surface area contributed by atoms with Crippen LogP contribution < -0.4 is 5.32 Å². The highest BCUT2D eigenvalue weighted by molar-refractivity contribution is 6.76. The predicted molar refractivity (Wildman–Crippen MR) is 57.3 cm³/mol. The van der Waals surface area contributed by atoms with Gasteiger partial charge in [0, 0.05) is 14.7 Å². The fourth-order valence-electron chi connectivity index (χ4n) is 0.645. The highest BCUT2D eigenvalue weighted by Crippen LogP contribution is 2.06. The molecule has 0 fully saturated rings. The van der Waals surface area contributed by atoms with E-state index in [-0.39, 0.29) is 12.6 Å². The first-order valence-corrected chi connectivity index (χ1v) is 8.14. The van der Waals surface area contributed by atoms with Crippen LogP contribution in [0.4, 0.5) is 0 Å². The second-order valence-corrected chi connectivity index (χ2v) is 9.73. The van der Waals surface area contributed by atoms with Crippen LogP contribution in [-0.4, -0.2) is 27.3 Å². The summed E-state index contributed by atoms with van der Waals surface area (Å²) >= 11 is 0. The number of carbonyl (C=O) groups excluding carboxylic acids is 1. The van der Waals surface area contributed by atoms with Crippen LogP contribution in [0.5, 0.6) is 0 Å². The maximum Gasteiger partial charge on any atom is 0.245 e. The Morgan fingerprint density at radius 1 is 1.54 bits per heavy atom. The van der Waals surface area contributed by atoms with Gasteiger partial charge >= 0.3 is 0 Å². The molecule has 0 aliphatic carbocycles. The van der Waals surface area contributed by atoms with Crippen LogP contribution in [0, 0.1) is 0 Å². The Kier molecular flexibility index (Phi) is 5.66. The second kappa shape index (κ2) is 5.94. The summed E-state index contributed by atoms with van der Waals surface area (Å²) in [6.45, 7) is 11.2. The molecule has 1 amide bonds. The van der Waals surface area contributed by atoms with Gasteiger partial charge in [-0.25, -0.2) is 0 Å². The Hall–Kier alpha value is -0.613. The summed E-state index contributed by atoms with van der Waals surface area (Å²) in [4.78, 5) is 10.7. The standard InChI is InChI=1S/C9H19NO2Si/c1-5-9(11)10-8-12-6-7-13(2,3)4/h5H,1,6-8H2,2-4H3,(H,10,11). The van der Waals surface area contributed by atoms with Crippen molar-refractivity contribution in [3.63, 3.8) is 0 Å². The Morgan fingerprint density at radius 2 is 2.15 bits per heavy atom. The molecule has 3 nitrogen and oxygen atoms in total. The van der Waals surface area contributed by atoms with E-state index >= 15 is 0 Å². The Bertz CT molecular complexity index is 175. The van der Waals surface area contributed by atoms with Crippen molar-refractivity contribution < 1.29 is 9.53 Å². The molecule has 13 heavy (non-hydrogen) atoms. The second-order valence-electron chi connectivity index (χ2n) is 4.11. The molecule has 4 heteroatoms. The summed E-state index contributed by atoms with van der Waals surface area (Å²) in [5.74, 6) is -0.187. The first-order chi connectivity index (χ1) is 5.95. The van der Waals surface area contributed by atoms with Crippen molar-refractivity contribution in [2.24, 2.45) is 0 Å². The Balaban J connectivity index is 3.27. The third-order valence-corrected chi connectivity index (χ3v) is 3.23. The molecule has 0 heterocycles. The van der Waals surface area contributed by atoms with Gasteiger partial charge in [-0.15, -0.1) is 0 Å². The van der Waals surface area contributed by atoms with Gasteiger partial charge in [-0.2, -0.15) is 0 Å². The minimum absolute atomic E-state index is 0.187. The van der Waals surface area contributed by atoms with Crippen molar-refractivity contribution in [2.75, 3.05) is 13.3 Å². The van der Waals surface area contributed by atoms with Gasteiger partial charge in [-0.05, 0) is 12.1 Å². The third kappa shape index (κ3) is 9.30. The Labute approximate surface area is 81.2 Å². The van der Waals surface area contributed by atoms with E-state index in [1.54, 1.807) is 0 Å². The average molecular weight is 201 g/mol. The van der Waals surface area contributed by atoms with E-state index in [0.29, 0.717) is 0 Å². The molecule has 0 aliphatic rings. The summed E-state index contributed by atoms with van der Waals surface area (Å²) in [5, 5.41) is 2.55. The van der Waals surface area contributed by atoms with Crippen LogP contribution in [0.2, 0.25) is 25.7 Å². The first kappa shape index (κ1) is 12.4. The van der Waals surface area contributed by atoms with E-state index in [2.05, 4.69) is 31.5 Å². The summed E-state index contributed by atoms with van der Waals surface area (Å²) in [5.41, 5.74) is 0. The summed E-state index contributed by atoms with van der Waals surface area (Å²) < 4.78 is 5.24. The lowest BCUT2D eigenvalue weighted by Crippen LogP contribution is -2.27. The van der Waals surface area contributed by atoms with Crippen LogP contribution in [0.3, 0.4) is 0 Å². The van der Waals surface area contributed by atoms with Crippen LogP contribution in [0.15, 0.2) is 12.7 Å². The summed E-state index contributed by atoms with van der Waals surface area (Å²) in [7, 11) is -1.00. The van der Waals surface area contributed by atoms with E-state index in [0.717, 1.165) is 12.7 Å². The van der Waals surface area contributed by atoms with Crippen molar-refractivity contribution in [3.05, 3.63) is 12.7 Å². The van der Waals surface area contributed by atoms with E-state index in [1.165, 1.54) is 6.08 Å². The van der Waals surface area contributed by atoms with Crippen molar-refractivity contribution in [1.82, 2.24) is 5.32 Å². The van der Waals surface area contributed by atoms with Crippen molar-refractivity contribution in [2.45, 2.75) is 25.7 Å². The van der Waals surface area contributed by atoms with Crippen LogP contribution in [0.1, 0.15) is 0 Å². The van der Waals surface area contributed by atoms with E-state index < -0.39 is 8.07 Å². The molecule has 0 rings (SSSR count). The molecule has 0 aromatic heterocycles. The highest BCUT2D eigenvalue weighted by Gasteiger charge is 2.11. The molecule has 0 aromatic carbocycles. The maximum atomic E-state index is 10.7. The number of hydrogen-bond acceptors (Lipinski definition) is 2. The number of hydrogen-bond donors (Lipinski definition) is 1. The van der Waals surface area contributed by atoms with Crippen LogP contribution >= 0.6 is 0 Å². The zero-order chi connectivity index (χ0) is 10.3. The molecular weight excluding hydrogens is 182 g/mol. The molecule has 0 bridgehead atoms. The maximum absolute atomic E-state index is 10.7. The normalized spacial score (nSPS) is 11.0. The van der Waals surface area contributed by atoms with Gasteiger partial charge in [-0.1, -0.05) is 26.2 Å². The SMILES string of the molecule is C=CC(=O)NCOCC[Si](C)(C)C. The minimum atomic E-state index is -1.00. The molecule has 0 aliphatic heterocycles. The highest BCUT2D eigenvalue weighted by atomic mass is 28.3. The summed E-state index contributed by atoms with van der Waals surface area (Å²) in [6, 6.07) is 1.12. The Morgan fingerprint density at radius 3 is 2.62 bits per heavy atom. The topological polar surface area (TPSA) is 38.3 Å². The lowest BCUT2D eigenvalue weighted by atomic mass is 10.6. The van der Waals surface area contributed by atoms with Gasteiger partial charge in [-0.3, -0.25) is 4.79 Å². The predicted octanol–water partition coefficient (Wildman–Crippen LogP) is 1.60. The minimum Gasteiger partial charge on any atom is -0.362 e. The quantitative estimate of drug-likeness (QED) is 0.307. The van der Waals surface area contributed by atoms with Crippen molar-refractivity contribution >= 4 is 14.0 Å². The molecule has 0 spiro atoms. The lowest BCUT2D eigenvalue weighted by Gasteiger charge is -2.15. The fraction of sp³-hybridized carbons (Fsp3) is 0.667. The van der Waals surface area contributed by atoms with E-state index in [9.17, 15) is 4.79 Å². The molecule has 0 unspecified atom stereocenters. The molecule has 0 saturated heterocycles. The summed E-state index contributed by atoms with van der Waals surface area (Å²) in [6.07, 6.45) is 1.24. The van der Waals surface area contributed by atoms with E-state index in [4.69, 9.17) is 4.74 Å². The van der Waals surface area contributed by atoms with Crippen LogP contribution in [0.25, 0.3) is 0 Å². The van der Waals surface area contributed by atoms with Gasteiger partial charge in [0.1, 0.15) is 6.73 Å². The molecule has 0 atom stereocenters. The van der Waals surface area contributed by atoms with Crippen LogP contribution in [-0.2, 0) is 9.53 Å². The molecule has 1 N–H and O–H groups in total. The monoisotopic (exact) mass is 201 g/mol. The van der Waals surface area contributed by atoms with Crippen molar-refractivity contribution in [3.8, 4) is 0 Å². The van der Waals surface area contributed by atoms with Gasteiger partial charge in [0.25, 0.3) is 0 Å². The number of carbonyl (C=O) groups is 1. The molecule has 76 valence electrons. The first-order valence-electron chi connectivity index (χ1n) is 4.44. The number of rotatable bonds is 6. The molecular formula is C9H19NO2Si. The lowest BCUT2D eigenvalue weighted by molar-refractivity contribution is -0.118. The van der Waals surface area contributed by atoms with Gasteiger partial charge in [0.2, 0.25) is 5.91 Å². The molecule has 0 saturated carbocycles. The molecule has 0 radical (unpaired) electrons. The van der Waals surface area contributed by atoms with Crippen molar-refractivity contribution in [1.29, 1.82) is 0 Å². The van der Waals surface area contributed by atoms with Gasteiger partial charge < -0.3 is 10.1 Å². The average Bonchev–Trinajstić information content (AvgIpc) is 2.01. The van der Waals surface area contributed by atoms with Gasteiger partial charge in [0.05, 0.1) is 0 Å². The zero-order valence-corrected chi connectivity index (χ0v) is 9.72. The third-order valence-electron chi connectivity index (χ3n) is 1.53. The number of nitrogens with one attached hydrogen (secondary N) is 1. The smallest absolute Gasteiger partial charge is 0.245 e. The largest absolute Gasteiger partial charge is 0.362 e. The number of ether oxygens (including phenoxy) is 1. The van der Waals surface area contributed by atoms with Gasteiger partial charge in [0.15, 0.2) is 0 Å². The van der Waals surface area contributed by atoms with E-state index in [1.807, 2.05) is 0 Å².